The van der Waals surface area contributed by atoms with Gasteiger partial charge in [0.15, 0.2) is 0 Å². The highest BCUT2D eigenvalue weighted by Gasteiger charge is 2.35. The minimum absolute atomic E-state index is 0.172. The lowest BCUT2D eigenvalue weighted by atomic mass is 10.1. The molecule has 1 saturated carbocycles. The van der Waals surface area contributed by atoms with Gasteiger partial charge >= 0.3 is 0 Å². The van der Waals surface area contributed by atoms with Crippen LogP contribution in [0.1, 0.15) is 36.8 Å². The lowest BCUT2D eigenvalue weighted by Crippen LogP contribution is -2.38. The van der Waals surface area contributed by atoms with Gasteiger partial charge in [-0.3, -0.25) is 4.79 Å². The van der Waals surface area contributed by atoms with Crippen molar-refractivity contribution in [1.29, 1.82) is 0 Å². The van der Waals surface area contributed by atoms with Crippen molar-refractivity contribution in [3.63, 3.8) is 0 Å². The predicted molar refractivity (Wildman–Crippen MR) is 108 cm³/mol. The van der Waals surface area contributed by atoms with E-state index in [4.69, 9.17) is 9.72 Å². The average molecular weight is 367 g/mol. The maximum Gasteiger partial charge on any atom is 0.226 e. The summed E-state index contributed by atoms with van der Waals surface area (Å²) in [6, 6.07) is 8.46. The molecule has 1 unspecified atom stereocenters. The first kappa shape index (κ1) is 18.2. The molecule has 1 aromatic heterocycles. The number of ether oxygens (including phenoxy) is 1. The Balaban J connectivity index is 1.67. The second-order valence-corrected chi connectivity index (χ2v) is 8.14. The van der Waals surface area contributed by atoms with Gasteiger partial charge in [-0.05, 0) is 44.2 Å². The molecule has 1 amide bonds. The maximum absolute atomic E-state index is 12.9. The van der Waals surface area contributed by atoms with Crippen molar-refractivity contribution in [1.82, 2.24) is 9.88 Å². The van der Waals surface area contributed by atoms with Crippen molar-refractivity contribution in [2.24, 2.45) is 5.92 Å². The number of amides is 1. The van der Waals surface area contributed by atoms with E-state index in [0.717, 1.165) is 54.6 Å². The number of nitrogens with zero attached hydrogens (tertiary/aromatic N) is 3. The summed E-state index contributed by atoms with van der Waals surface area (Å²) in [6.07, 6.45) is 4.36. The number of fused-ring (bicyclic) bond motifs is 1. The molecule has 1 aromatic carbocycles. The van der Waals surface area contributed by atoms with Crippen molar-refractivity contribution >= 4 is 22.6 Å². The number of carbonyl (C=O) groups is 1. The van der Waals surface area contributed by atoms with Crippen LogP contribution in [0.15, 0.2) is 24.3 Å². The third kappa shape index (κ3) is 3.93. The van der Waals surface area contributed by atoms with E-state index in [0.29, 0.717) is 13.1 Å². The first-order valence-electron chi connectivity index (χ1n) is 10.00. The molecule has 0 bridgehead atoms. The Kier molecular flexibility index (Phi) is 5.04. The van der Waals surface area contributed by atoms with Gasteiger partial charge in [0.1, 0.15) is 5.82 Å². The normalized spacial score (nSPS) is 19.4. The van der Waals surface area contributed by atoms with Crippen LogP contribution in [0, 0.1) is 12.8 Å². The van der Waals surface area contributed by atoms with Crippen LogP contribution < -0.4 is 4.90 Å². The number of carbonyl (C=O) groups excluding carboxylic acids is 1. The molecule has 0 N–H and O–H groups in total. The van der Waals surface area contributed by atoms with Crippen LogP contribution in [0.25, 0.3) is 10.9 Å². The average Bonchev–Trinajstić information content (AvgIpc) is 3.37. The molecule has 1 aliphatic heterocycles. The topological polar surface area (TPSA) is 45.7 Å². The molecule has 1 saturated heterocycles. The molecular formula is C22H29N3O2. The summed E-state index contributed by atoms with van der Waals surface area (Å²) in [5.41, 5.74) is 3.31. The van der Waals surface area contributed by atoms with Crippen LogP contribution in [0.4, 0.5) is 5.82 Å². The number of rotatable bonds is 6. The summed E-state index contributed by atoms with van der Waals surface area (Å²) in [5.74, 6) is 1.43. The second kappa shape index (κ2) is 7.47. The molecule has 144 valence electrons. The summed E-state index contributed by atoms with van der Waals surface area (Å²) in [5, 5.41) is 1.13. The van der Waals surface area contributed by atoms with Crippen LogP contribution >= 0.6 is 0 Å². The largest absolute Gasteiger partial charge is 0.376 e. The van der Waals surface area contributed by atoms with E-state index in [9.17, 15) is 4.79 Å². The molecule has 0 radical (unpaired) electrons. The summed E-state index contributed by atoms with van der Waals surface area (Å²) in [7, 11) is 4.03. The summed E-state index contributed by atoms with van der Waals surface area (Å²) < 4.78 is 5.82. The maximum atomic E-state index is 12.9. The number of pyridine rings is 1. The second-order valence-electron chi connectivity index (χ2n) is 8.14. The number of aromatic nitrogens is 1. The van der Waals surface area contributed by atoms with Gasteiger partial charge < -0.3 is 14.5 Å². The van der Waals surface area contributed by atoms with Gasteiger partial charge in [0, 0.05) is 50.7 Å². The van der Waals surface area contributed by atoms with Crippen LogP contribution in [0.5, 0.6) is 0 Å². The fourth-order valence-corrected chi connectivity index (χ4v) is 3.95. The first-order chi connectivity index (χ1) is 13.0. The number of anilines is 1. The molecule has 2 aliphatic rings. The summed E-state index contributed by atoms with van der Waals surface area (Å²) in [4.78, 5) is 21.9. The zero-order valence-electron chi connectivity index (χ0n) is 16.6. The Morgan fingerprint density at radius 3 is 2.74 bits per heavy atom. The zero-order valence-corrected chi connectivity index (χ0v) is 16.6. The molecule has 27 heavy (non-hydrogen) atoms. The van der Waals surface area contributed by atoms with Gasteiger partial charge in [-0.25, -0.2) is 4.98 Å². The van der Waals surface area contributed by atoms with E-state index in [-0.39, 0.29) is 17.9 Å². The third-order valence-electron chi connectivity index (χ3n) is 5.57. The zero-order chi connectivity index (χ0) is 19.0. The SMILES string of the molecule is Cc1cccc2cc(CN(CC3CCCO3)C(=O)C3CC3)c(N(C)C)nc12. The third-order valence-corrected chi connectivity index (χ3v) is 5.57. The van der Waals surface area contributed by atoms with Crippen molar-refractivity contribution in [3.8, 4) is 0 Å². The standard InChI is InChI=1S/C22H29N3O2/c1-15-6-4-7-17-12-18(21(24(2)3)23-20(15)17)13-25(22(26)16-9-10-16)14-19-8-5-11-27-19/h4,6-7,12,16,19H,5,8-11,13-14H2,1-3H3. The molecule has 1 aliphatic carbocycles. The van der Waals surface area contributed by atoms with E-state index in [1.807, 2.05) is 23.9 Å². The highest BCUT2D eigenvalue weighted by molar-refractivity contribution is 5.85. The number of aryl methyl sites for hydroxylation is 1. The van der Waals surface area contributed by atoms with Crippen LogP contribution in [-0.2, 0) is 16.1 Å². The minimum atomic E-state index is 0.172. The summed E-state index contributed by atoms with van der Waals surface area (Å²) in [6.45, 7) is 4.19. The van der Waals surface area contributed by atoms with Gasteiger partial charge in [-0.1, -0.05) is 18.2 Å². The first-order valence-corrected chi connectivity index (χ1v) is 10.00. The van der Waals surface area contributed by atoms with Crippen LogP contribution in [-0.4, -0.2) is 49.1 Å². The molecule has 0 spiro atoms. The lowest BCUT2D eigenvalue weighted by Gasteiger charge is -2.28. The van der Waals surface area contributed by atoms with Gasteiger partial charge in [0.2, 0.25) is 5.91 Å². The van der Waals surface area contributed by atoms with Gasteiger partial charge in [0.25, 0.3) is 0 Å². The van der Waals surface area contributed by atoms with Crippen molar-refractivity contribution < 1.29 is 9.53 Å². The summed E-state index contributed by atoms with van der Waals surface area (Å²) >= 11 is 0. The fourth-order valence-electron chi connectivity index (χ4n) is 3.95. The molecule has 4 rings (SSSR count). The Hall–Kier alpha value is -2.14. The molecule has 2 heterocycles. The molecule has 5 heteroatoms. The molecule has 2 fully saturated rings. The van der Waals surface area contributed by atoms with Crippen LogP contribution in [0.3, 0.4) is 0 Å². The molecular weight excluding hydrogens is 338 g/mol. The van der Waals surface area contributed by atoms with E-state index in [2.05, 4.69) is 31.2 Å². The Morgan fingerprint density at radius 1 is 1.26 bits per heavy atom. The highest BCUT2D eigenvalue weighted by atomic mass is 16.5. The Morgan fingerprint density at radius 2 is 2.07 bits per heavy atom. The highest BCUT2D eigenvalue weighted by Crippen LogP contribution is 2.33. The van der Waals surface area contributed by atoms with E-state index in [1.54, 1.807) is 0 Å². The lowest BCUT2D eigenvalue weighted by molar-refractivity contribution is -0.134. The van der Waals surface area contributed by atoms with Crippen molar-refractivity contribution in [3.05, 3.63) is 35.4 Å². The van der Waals surface area contributed by atoms with E-state index >= 15 is 0 Å². The predicted octanol–water partition coefficient (Wildman–Crippen LogP) is 3.53. The molecule has 1 atom stereocenters. The number of benzene rings is 1. The minimum Gasteiger partial charge on any atom is -0.376 e. The van der Waals surface area contributed by atoms with E-state index in [1.165, 1.54) is 5.56 Å². The van der Waals surface area contributed by atoms with Crippen molar-refractivity contribution in [2.75, 3.05) is 32.1 Å². The monoisotopic (exact) mass is 367 g/mol. The number of hydrogen-bond donors (Lipinski definition) is 0. The smallest absolute Gasteiger partial charge is 0.226 e. The van der Waals surface area contributed by atoms with Gasteiger partial charge in [-0.15, -0.1) is 0 Å². The number of para-hydroxylation sites is 1. The van der Waals surface area contributed by atoms with Crippen molar-refractivity contribution in [2.45, 2.75) is 45.3 Å². The quantitative estimate of drug-likeness (QED) is 0.784. The fraction of sp³-hybridized carbons (Fsp3) is 0.545. The number of hydrogen-bond acceptors (Lipinski definition) is 4. The Labute approximate surface area is 161 Å². The van der Waals surface area contributed by atoms with Gasteiger partial charge in [0.05, 0.1) is 11.6 Å². The molecule has 5 nitrogen and oxygen atoms in total. The van der Waals surface area contributed by atoms with Gasteiger partial charge in [-0.2, -0.15) is 0 Å². The van der Waals surface area contributed by atoms with Crippen LogP contribution in [0.2, 0.25) is 0 Å². The Bertz CT molecular complexity index is 839. The molecule has 2 aromatic rings. The van der Waals surface area contributed by atoms with E-state index < -0.39 is 0 Å².